The van der Waals surface area contributed by atoms with E-state index in [1.54, 1.807) is 0 Å². The van der Waals surface area contributed by atoms with Gasteiger partial charge < -0.3 is 4.74 Å². The smallest absolute Gasteiger partial charge is 0.126 e. The van der Waals surface area contributed by atoms with E-state index in [0.29, 0.717) is 6.42 Å². The predicted octanol–water partition coefficient (Wildman–Crippen LogP) is 5.73. The van der Waals surface area contributed by atoms with Crippen molar-refractivity contribution >= 4 is 0 Å². The van der Waals surface area contributed by atoms with Gasteiger partial charge in [0.2, 0.25) is 0 Å². The maximum atomic E-state index is 6.18. The zero-order valence-corrected chi connectivity index (χ0v) is 14.7. The van der Waals surface area contributed by atoms with Gasteiger partial charge in [0.05, 0.1) is 6.61 Å². The second-order valence-corrected chi connectivity index (χ2v) is 5.98. The van der Waals surface area contributed by atoms with Crippen LogP contribution in [0.4, 0.5) is 0 Å². The van der Waals surface area contributed by atoms with Crippen LogP contribution in [0, 0.1) is 12.3 Å². The lowest BCUT2D eigenvalue weighted by atomic mass is 9.93. The molecule has 0 N–H and O–H groups in total. The average Bonchev–Trinajstić information content (AvgIpc) is 2.53. The van der Waals surface area contributed by atoms with Crippen LogP contribution < -0.4 is 4.74 Å². The van der Waals surface area contributed by atoms with Gasteiger partial charge in [-0.2, -0.15) is 0 Å². The quantitative estimate of drug-likeness (QED) is 0.375. The average molecular weight is 300 g/mol. The molecule has 0 aliphatic heterocycles. The van der Waals surface area contributed by atoms with E-state index in [1.165, 1.54) is 42.4 Å². The Bertz CT molecular complexity index is 468. The molecule has 0 heterocycles. The summed E-state index contributed by atoms with van der Waals surface area (Å²) in [5, 5.41) is 0. The van der Waals surface area contributed by atoms with Crippen LogP contribution in [-0.2, 0) is 19.3 Å². The van der Waals surface area contributed by atoms with E-state index >= 15 is 0 Å². The van der Waals surface area contributed by atoms with E-state index in [9.17, 15) is 0 Å². The second-order valence-electron chi connectivity index (χ2n) is 5.98. The summed E-state index contributed by atoms with van der Waals surface area (Å²) in [7, 11) is 0. The Morgan fingerprint density at radius 2 is 1.55 bits per heavy atom. The molecule has 0 atom stereocenters. The van der Waals surface area contributed by atoms with Crippen LogP contribution in [-0.4, -0.2) is 6.61 Å². The lowest BCUT2D eigenvalue weighted by molar-refractivity contribution is 0.303. The molecule has 0 unspecified atom stereocenters. The third kappa shape index (κ3) is 5.76. The molecular formula is C21H32O. The standard InChI is InChI=1S/C21H32O/c1-5-9-13-18-15-16-19(12-8-4)21(22-17-11-7-3)20(18)14-10-6-2/h4,15-16H,5-7,9-14,17H2,1-3H3. The van der Waals surface area contributed by atoms with Gasteiger partial charge in [0.15, 0.2) is 0 Å². The van der Waals surface area contributed by atoms with E-state index < -0.39 is 0 Å². The van der Waals surface area contributed by atoms with Crippen LogP contribution in [0.5, 0.6) is 5.75 Å². The Balaban J connectivity index is 3.12. The van der Waals surface area contributed by atoms with Crippen molar-refractivity contribution in [1.29, 1.82) is 0 Å². The normalized spacial score (nSPS) is 10.5. The summed E-state index contributed by atoms with van der Waals surface area (Å²) >= 11 is 0. The first kappa shape index (κ1) is 18.6. The fourth-order valence-electron chi connectivity index (χ4n) is 2.69. The highest BCUT2D eigenvalue weighted by molar-refractivity contribution is 5.48. The summed E-state index contributed by atoms with van der Waals surface area (Å²) in [4.78, 5) is 0. The number of hydrogen-bond donors (Lipinski definition) is 0. The number of hydrogen-bond acceptors (Lipinski definition) is 1. The lowest BCUT2D eigenvalue weighted by Gasteiger charge is -2.19. The first-order valence-corrected chi connectivity index (χ1v) is 8.98. The maximum absolute atomic E-state index is 6.18. The molecule has 0 saturated carbocycles. The summed E-state index contributed by atoms with van der Waals surface area (Å²) in [6, 6.07) is 4.46. The molecule has 0 aliphatic rings. The fraction of sp³-hybridized carbons (Fsp3) is 0.619. The monoisotopic (exact) mass is 300 g/mol. The summed E-state index contributed by atoms with van der Waals surface area (Å²) in [5.74, 6) is 3.87. The minimum absolute atomic E-state index is 0.661. The number of ether oxygens (including phenoxy) is 1. The number of unbranched alkanes of at least 4 members (excludes halogenated alkanes) is 3. The van der Waals surface area contributed by atoms with Gasteiger partial charge in [-0.25, -0.2) is 0 Å². The van der Waals surface area contributed by atoms with E-state index in [1.807, 2.05) is 0 Å². The molecule has 1 aromatic carbocycles. The van der Waals surface area contributed by atoms with Gasteiger partial charge in [0, 0.05) is 12.0 Å². The van der Waals surface area contributed by atoms with Crippen molar-refractivity contribution in [2.75, 3.05) is 6.61 Å². The molecule has 0 amide bonds. The third-order valence-corrected chi connectivity index (χ3v) is 4.06. The van der Waals surface area contributed by atoms with Gasteiger partial charge in [0.25, 0.3) is 0 Å². The van der Waals surface area contributed by atoms with Crippen molar-refractivity contribution in [3.63, 3.8) is 0 Å². The van der Waals surface area contributed by atoms with Crippen LogP contribution in [0.1, 0.15) is 76.0 Å². The molecular weight excluding hydrogens is 268 g/mol. The highest BCUT2D eigenvalue weighted by Gasteiger charge is 2.14. The van der Waals surface area contributed by atoms with E-state index in [2.05, 4.69) is 38.8 Å². The SMILES string of the molecule is C#CCc1ccc(CCCC)c(CCCC)c1OCCCC. The van der Waals surface area contributed by atoms with Gasteiger partial charge in [0.1, 0.15) is 5.75 Å². The Morgan fingerprint density at radius 1 is 0.909 bits per heavy atom. The number of terminal acetylenes is 1. The molecule has 0 radical (unpaired) electrons. The second kappa shape index (κ2) is 11.2. The van der Waals surface area contributed by atoms with Crippen molar-refractivity contribution in [2.45, 2.75) is 78.6 Å². The number of rotatable bonds is 11. The Hall–Kier alpha value is -1.42. The first-order valence-electron chi connectivity index (χ1n) is 8.98. The van der Waals surface area contributed by atoms with Crippen molar-refractivity contribution in [3.05, 3.63) is 28.8 Å². The fourth-order valence-corrected chi connectivity index (χ4v) is 2.69. The molecule has 1 rings (SSSR count). The molecule has 1 heteroatoms. The largest absolute Gasteiger partial charge is 0.493 e. The minimum atomic E-state index is 0.661. The van der Waals surface area contributed by atoms with Crippen LogP contribution >= 0.6 is 0 Å². The summed E-state index contributed by atoms with van der Waals surface area (Å²) in [6.07, 6.45) is 15.6. The van der Waals surface area contributed by atoms with Gasteiger partial charge in [-0.3, -0.25) is 0 Å². The molecule has 122 valence electrons. The van der Waals surface area contributed by atoms with Crippen molar-refractivity contribution in [3.8, 4) is 18.1 Å². The van der Waals surface area contributed by atoms with Gasteiger partial charge in [-0.05, 0) is 43.2 Å². The van der Waals surface area contributed by atoms with Gasteiger partial charge in [-0.1, -0.05) is 52.2 Å². The summed E-state index contributed by atoms with van der Waals surface area (Å²) in [5.41, 5.74) is 4.06. The molecule has 0 aromatic heterocycles. The van der Waals surface area contributed by atoms with Gasteiger partial charge in [-0.15, -0.1) is 12.3 Å². The first-order chi connectivity index (χ1) is 10.8. The third-order valence-electron chi connectivity index (χ3n) is 4.06. The molecule has 0 spiro atoms. The Kier molecular flexibility index (Phi) is 9.47. The summed E-state index contributed by atoms with van der Waals surface area (Å²) in [6.45, 7) is 7.48. The molecule has 0 fully saturated rings. The van der Waals surface area contributed by atoms with Crippen LogP contribution in [0.3, 0.4) is 0 Å². The maximum Gasteiger partial charge on any atom is 0.126 e. The molecule has 1 nitrogen and oxygen atoms in total. The van der Waals surface area contributed by atoms with Crippen molar-refractivity contribution < 1.29 is 4.74 Å². The highest BCUT2D eigenvalue weighted by atomic mass is 16.5. The number of benzene rings is 1. The van der Waals surface area contributed by atoms with Crippen LogP contribution in [0.25, 0.3) is 0 Å². The molecule has 22 heavy (non-hydrogen) atoms. The van der Waals surface area contributed by atoms with Crippen molar-refractivity contribution in [1.82, 2.24) is 0 Å². The zero-order valence-electron chi connectivity index (χ0n) is 14.7. The van der Waals surface area contributed by atoms with E-state index in [-0.39, 0.29) is 0 Å². The molecule has 1 aromatic rings. The highest BCUT2D eigenvalue weighted by Crippen LogP contribution is 2.31. The van der Waals surface area contributed by atoms with Gasteiger partial charge >= 0.3 is 0 Å². The zero-order chi connectivity index (χ0) is 16.2. The molecule has 0 aliphatic carbocycles. The predicted molar refractivity (Wildman–Crippen MR) is 96.6 cm³/mol. The Labute approximate surface area is 137 Å². The van der Waals surface area contributed by atoms with Crippen LogP contribution in [0.2, 0.25) is 0 Å². The topological polar surface area (TPSA) is 9.23 Å². The minimum Gasteiger partial charge on any atom is -0.493 e. The molecule has 0 bridgehead atoms. The Morgan fingerprint density at radius 3 is 2.18 bits per heavy atom. The van der Waals surface area contributed by atoms with Crippen LogP contribution in [0.15, 0.2) is 12.1 Å². The van der Waals surface area contributed by atoms with E-state index in [4.69, 9.17) is 11.2 Å². The summed E-state index contributed by atoms with van der Waals surface area (Å²) < 4.78 is 6.18. The lowest BCUT2D eigenvalue weighted by Crippen LogP contribution is -2.06. The van der Waals surface area contributed by atoms with E-state index in [0.717, 1.165) is 38.0 Å². The molecule has 0 saturated heterocycles. The number of aryl methyl sites for hydroxylation is 1. The van der Waals surface area contributed by atoms with Crippen molar-refractivity contribution in [2.24, 2.45) is 0 Å².